The Morgan fingerprint density at radius 3 is 2.94 bits per heavy atom. The molecule has 0 fully saturated rings. The highest BCUT2D eigenvalue weighted by atomic mass is 15.0. The Balaban J connectivity index is 2.04. The van der Waals surface area contributed by atoms with Gasteiger partial charge in [0.15, 0.2) is 5.65 Å². The minimum atomic E-state index is 0.541. The zero-order valence-electron chi connectivity index (χ0n) is 9.93. The third-order valence-electron chi connectivity index (χ3n) is 2.62. The Hall–Kier alpha value is -1.75. The number of nitrogens with two attached hydrogens (primary N) is 1. The van der Waals surface area contributed by atoms with Crippen LogP contribution in [0.2, 0.25) is 0 Å². The summed E-state index contributed by atoms with van der Waals surface area (Å²) in [4.78, 5) is 12.7. The van der Waals surface area contributed by atoms with E-state index in [1.807, 2.05) is 12.1 Å². The normalized spacial score (nSPS) is 12.6. The second-order valence-electron chi connectivity index (χ2n) is 4.16. The summed E-state index contributed by atoms with van der Waals surface area (Å²) in [6.07, 6.45) is 4.33. The van der Waals surface area contributed by atoms with Crippen LogP contribution in [-0.2, 0) is 0 Å². The molecule has 0 saturated heterocycles. The van der Waals surface area contributed by atoms with Crippen LogP contribution in [0, 0.1) is 5.92 Å². The quantitative estimate of drug-likeness (QED) is 0.813. The van der Waals surface area contributed by atoms with Crippen LogP contribution in [0.25, 0.3) is 11.2 Å². The van der Waals surface area contributed by atoms with Gasteiger partial charge >= 0.3 is 0 Å². The topological polar surface area (TPSA) is 76.7 Å². The molecule has 2 aromatic heterocycles. The summed E-state index contributed by atoms with van der Waals surface area (Å²) in [6.45, 7) is 3.76. The summed E-state index contributed by atoms with van der Waals surface area (Å²) < 4.78 is 0. The summed E-state index contributed by atoms with van der Waals surface area (Å²) >= 11 is 0. The first kappa shape index (κ1) is 11.7. The average molecular weight is 231 g/mol. The Morgan fingerprint density at radius 1 is 1.29 bits per heavy atom. The molecule has 0 bridgehead atoms. The molecular formula is C12H17N5. The fourth-order valence-corrected chi connectivity index (χ4v) is 1.62. The number of rotatable bonds is 5. The molecule has 0 radical (unpaired) electrons. The fraction of sp³-hybridized carbons (Fsp3) is 0.417. The minimum Gasteiger partial charge on any atom is -0.370 e. The van der Waals surface area contributed by atoms with Crippen molar-refractivity contribution >= 4 is 17.0 Å². The standard InChI is InChI=1S/C12H17N5/c1-9(4-5-13)8-16-11-3-2-10-12(17-11)15-7-6-14-10/h2-3,6-7,9H,4-5,8,13H2,1H3,(H,15,16,17). The summed E-state index contributed by atoms with van der Waals surface area (Å²) in [5.74, 6) is 1.38. The van der Waals surface area contributed by atoms with E-state index in [-0.39, 0.29) is 0 Å². The van der Waals surface area contributed by atoms with Crippen LogP contribution >= 0.6 is 0 Å². The van der Waals surface area contributed by atoms with E-state index in [1.54, 1.807) is 12.4 Å². The van der Waals surface area contributed by atoms with Crippen molar-refractivity contribution < 1.29 is 0 Å². The van der Waals surface area contributed by atoms with E-state index in [1.165, 1.54) is 0 Å². The maximum absolute atomic E-state index is 5.51. The number of aromatic nitrogens is 3. The highest BCUT2D eigenvalue weighted by Gasteiger charge is 2.02. The van der Waals surface area contributed by atoms with Gasteiger partial charge in [-0.1, -0.05) is 6.92 Å². The van der Waals surface area contributed by atoms with E-state index in [2.05, 4.69) is 27.2 Å². The first-order valence-electron chi connectivity index (χ1n) is 5.81. The van der Waals surface area contributed by atoms with Gasteiger partial charge in [0.1, 0.15) is 11.3 Å². The molecule has 2 aromatic rings. The molecule has 5 heteroatoms. The lowest BCUT2D eigenvalue weighted by atomic mass is 10.1. The van der Waals surface area contributed by atoms with E-state index < -0.39 is 0 Å². The van der Waals surface area contributed by atoms with Gasteiger partial charge in [0.2, 0.25) is 0 Å². The summed E-state index contributed by atoms with van der Waals surface area (Å²) in [5, 5.41) is 3.29. The molecule has 0 saturated carbocycles. The van der Waals surface area contributed by atoms with Crippen molar-refractivity contribution in [2.75, 3.05) is 18.4 Å². The van der Waals surface area contributed by atoms with Gasteiger partial charge in [-0.15, -0.1) is 0 Å². The molecule has 0 aliphatic carbocycles. The van der Waals surface area contributed by atoms with Gasteiger partial charge < -0.3 is 11.1 Å². The van der Waals surface area contributed by atoms with Crippen LogP contribution in [0.3, 0.4) is 0 Å². The zero-order valence-corrected chi connectivity index (χ0v) is 9.93. The summed E-state index contributed by atoms with van der Waals surface area (Å²) in [7, 11) is 0. The molecule has 0 spiro atoms. The monoisotopic (exact) mass is 231 g/mol. The van der Waals surface area contributed by atoms with Crippen LogP contribution in [0.4, 0.5) is 5.82 Å². The van der Waals surface area contributed by atoms with Gasteiger partial charge in [0.25, 0.3) is 0 Å². The first-order valence-corrected chi connectivity index (χ1v) is 5.81. The molecule has 90 valence electrons. The molecule has 1 unspecified atom stereocenters. The molecule has 3 N–H and O–H groups in total. The minimum absolute atomic E-state index is 0.541. The van der Waals surface area contributed by atoms with E-state index in [0.29, 0.717) is 11.6 Å². The molecule has 0 aliphatic heterocycles. The SMILES string of the molecule is CC(CCN)CNc1ccc2nccnc2n1. The molecule has 1 atom stereocenters. The van der Waals surface area contributed by atoms with Gasteiger partial charge in [0.05, 0.1) is 0 Å². The fourth-order valence-electron chi connectivity index (χ4n) is 1.62. The molecule has 2 rings (SSSR count). The van der Waals surface area contributed by atoms with Crippen molar-refractivity contribution in [3.05, 3.63) is 24.5 Å². The van der Waals surface area contributed by atoms with Crippen LogP contribution in [0.15, 0.2) is 24.5 Å². The maximum atomic E-state index is 5.51. The highest BCUT2D eigenvalue weighted by molar-refractivity contribution is 5.71. The van der Waals surface area contributed by atoms with Gasteiger partial charge in [-0.25, -0.2) is 9.97 Å². The lowest BCUT2D eigenvalue weighted by Gasteiger charge is -2.11. The lowest BCUT2D eigenvalue weighted by molar-refractivity contribution is 0.568. The lowest BCUT2D eigenvalue weighted by Crippen LogP contribution is -2.15. The van der Waals surface area contributed by atoms with Crippen LogP contribution in [-0.4, -0.2) is 28.0 Å². The van der Waals surface area contributed by atoms with Crippen molar-refractivity contribution in [3.63, 3.8) is 0 Å². The second-order valence-corrected chi connectivity index (χ2v) is 4.16. The van der Waals surface area contributed by atoms with Crippen molar-refractivity contribution in [2.45, 2.75) is 13.3 Å². The number of pyridine rings is 1. The molecule has 0 aromatic carbocycles. The predicted molar refractivity (Wildman–Crippen MR) is 68.7 cm³/mol. The Kier molecular flexibility index (Phi) is 3.82. The van der Waals surface area contributed by atoms with E-state index >= 15 is 0 Å². The molecule has 2 heterocycles. The third kappa shape index (κ3) is 3.10. The van der Waals surface area contributed by atoms with Crippen molar-refractivity contribution in [1.82, 2.24) is 15.0 Å². The predicted octanol–water partition coefficient (Wildman–Crippen LogP) is 1.42. The average Bonchev–Trinajstić information content (AvgIpc) is 2.36. The molecule has 17 heavy (non-hydrogen) atoms. The number of anilines is 1. The van der Waals surface area contributed by atoms with Gasteiger partial charge in [-0.05, 0) is 31.0 Å². The number of fused-ring (bicyclic) bond motifs is 1. The number of hydrogen-bond donors (Lipinski definition) is 2. The first-order chi connectivity index (χ1) is 8.29. The van der Waals surface area contributed by atoms with Gasteiger partial charge in [-0.3, -0.25) is 4.98 Å². The highest BCUT2D eigenvalue weighted by Crippen LogP contribution is 2.11. The van der Waals surface area contributed by atoms with Crippen LogP contribution < -0.4 is 11.1 Å². The number of nitrogens with one attached hydrogen (secondary N) is 1. The Bertz CT molecular complexity index is 485. The van der Waals surface area contributed by atoms with Crippen molar-refractivity contribution in [2.24, 2.45) is 11.7 Å². The molecular weight excluding hydrogens is 214 g/mol. The smallest absolute Gasteiger partial charge is 0.180 e. The zero-order chi connectivity index (χ0) is 12.1. The van der Waals surface area contributed by atoms with Gasteiger partial charge in [0, 0.05) is 18.9 Å². The van der Waals surface area contributed by atoms with Crippen LogP contribution in [0.1, 0.15) is 13.3 Å². The number of nitrogens with zero attached hydrogens (tertiary/aromatic N) is 3. The van der Waals surface area contributed by atoms with E-state index in [4.69, 9.17) is 5.73 Å². The van der Waals surface area contributed by atoms with Gasteiger partial charge in [-0.2, -0.15) is 0 Å². The van der Waals surface area contributed by atoms with E-state index in [0.717, 1.165) is 30.8 Å². The Labute approximate surface area is 100 Å². The number of hydrogen-bond acceptors (Lipinski definition) is 5. The molecule has 0 aliphatic rings. The summed E-state index contributed by atoms with van der Waals surface area (Å²) in [5.41, 5.74) is 6.99. The van der Waals surface area contributed by atoms with E-state index in [9.17, 15) is 0 Å². The molecule has 5 nitrogen and oxygen atoms in total. The largest absolute Gasteiger partial charge is 0.370 e. The maximum Gasteiger partial charge on any atom is 0.180 e. The van der Waals surface area contributed by atoms with Crippen molar-refractivity contribution in [3.8, 4) is 0 Å². The van der Waals surface area contributed by atoms with Crippen molar-refractivity contribution in [1.29, 1.82) is 0 Å². The second kappa shape index (κ2) is 5.54. The Morgan fingerprint density at radius 2 is 2.12 bits per heavy atom. The van der Waals surface area contributed by atoms with Crippen LogP contribution in [0.5, 0.6) is 0 Å². The third-order valence-corrected chi connectivity index (χ3v) is 2.62. The summed E-state index contributed by atoms with van der Waals surface area (Å²) in [6, 6.07) is 3.84. The molecule has 0 amide bonds.